The zero-order valence-electron chi connectivity index (χ0n) is 16.1. The summed E-state index contributed by atoms with van der Waals surface area (Å²) in [6, 6.07) is 14.3. The van der Waals surface area contributed by atoms with Crippen LogP contribution >= 0.6 is 22.7 Å². The van der Waals surface area contributed by atoms with Crippen LogP contribution in [-0.2, 0) is 17.9 Å². The highest BCUT2D eigenvalue weighted by Gasteiger charge is 2.16. The second-order valence-electron chi connectivity index (χ2n) is 6.55. The highest BCUT2D eigenvalue weighted by molar-refractivity contribution is 7.17. The van der Waals surface area contributed by atoms with Crippen molar-refractivity contribution in [2.75, 3.05) is 12.4 Å². The molecule has 5 rings (SSSR count). The molecule has 0 aliphatic heterocycles. The molecule has 0 unspecified atom stereocenters. The maximum Gasteiger partial charge on any atom is 0.191 e. The topological polar surface area (TPSA) is 88.6 Å². The fraction of sp³-hybridized carbons (Fsp3) is 0.143. The van der Waals surface area contributed by atoms with E-state index in [1.54, 1.807) is 29.8 Å². The van der Waals surface area contributed by atoms with Gasteiger partial charge in [-0.1, -0.05) is 36.4 Å². The molecule has 4 heterocycles. The molecule has 30 heavy (non-hydrogen) atoms. The van der Waals surface area contributed by atoms with E-state index in [1.165, 1.54) is 0 Å². The quantitative estimate of drug-likeness (QED) is 0.376. The number of hydrogen-bond acceptors (Lipinski definition) is 8. The molecule has 0 saturated carbocycles. The summed E-state index contributed by atoms with van der Waals surface area (Å²) in [5.41, 5.74) is 2.24. The SMILES string of the molecule is COCc1nc(NCc2nc(-c3cccs3)n[nH]2)c2c(-c3ccccc3)csc2n1. The van der Waals surface area contributed by atoms with Gasteiger partial charge in [-0.2, -0.15) is 5.10 Å². The number of H-pyrrole nitrogens is 1. The molecule has 2 N–H and O–H groups in total. The van der Waals surface area contributed by atoms with E-state index in [0.717, 1.165) is 37.9 Å². The van der Waals surface area contributed by atoms with Crippen molar-refractivity contribution in [2.45, 2.75) is 13.2 Å². The summed E-state index contributed by atoms with van der Waals surface area (Å²) in [6.07, 6.45) is 0. The summed E-state index contributed by atoms with van der Waals surface area (Å²) in [4.78, 5) is 15.9. The Morgan fingerprint density at radius 2 is 1.93 bits per heavy atom. The monoisotopic (exact) mass is 434 g/mol. The summed E-state index contributed by atoms with van der Waals surface area (Å²) in [6.45, 7) is 0.828. The Kier molecular flexibility index (Phi) is 5.22. The van der Waals surface area contributed by atoms with Crippen LogP contribution in [0.1, 0.15) is 11.6 Å². The van der Waals surface area contributed by atoms with Crippen molar-refractivity contribution in [2.24, 2.45) is 0 Å². The van der Waals surface area contributed by atoms with Gasteiger partial charge in [-0.15, -0.1) is 22.7 Å². The normalized spacial score (nSPS) is 11.2. The van der Waals surface area contributed by atoms with Crippen molar-refractivity contribution < 1.29 is 4.74 Å². The molecule has 0 spiro atoms. The Hall–Kier alpha value is -3.14. The lowest BCUT2D eigenvalue weighted by Crippen LogP contribution is -2.07. The molecule has 0 bridgehead atoms. The van der Waals surface area contributed by atoms with Gasteiger partial charge in [0.15, 0.2) is 11.6 Å². The summed E-state index contributed by atoms with van der Waals surface area (Å²) < 4.78 is 5.26. The van der Waals surface area contributed by atoms with Crippen molar-refractivity contribution in [1.82, 2.24) is 25.1 Å². The number of fused-ring (bicyclic) bond motifs is 1. The fourth-order valence-corrected chi connectivity index (χ4v) is 4.82. The third-order valence-electron chi connectivity index (χ3n) is 4.53. The van der Waals surface area contributed by atoms with Gasteiger partial charge >= 0.3 is 0 Å². The summed E-state index contributed by atoms with van der Waals surface area (Å²) in [5.74, 6) is 2.86. The zero-order chi connectivity index (χ0) is 20.3. The number of methoxy groups -OCH3 is 1. The van der Waals surface area contributed by atoms with Gasteiger partial charge in [0.1, 0.15) is 23.1 Å². The number of ether oxygens (including phenoxy) is 1. The smallest absolute Gasteiger partial charge is 0.191 e. The highest BCUT2D eigenvalue weighted by atomic mass is 32.1. The maximum absolute atomic E-state index is 5.26. The minimum absolute atomic E-state index is 0.355. The summed E-state index contributed by atoms with van der Waals surface area (Å²) in [5, 5.41) is 15.9. The van der Waals surface area contributed by atoms with Crippen LogP contribution in [0.2, 0.25) is 0 Å². The van der Waals surface area contributed by atoms with E-state index in [-0.39, 0.29) is 0 Å². The first-order chi connectivity index (χ1) is 14.8. The van der Waals surface area contributed by atoms with Crippen molar-refractivity contribution in [1.29, 1.82) is 0 Å². The van der Waals surface area contributed by atoms with Crippen LogP contribution in [-0.4, -0.2) is 32.3 Å². The zero-order valence-corrected chi connectivity index (χ0v) is 17.8. The van der Waals surface area contributed by atoms with Gasteiger partial charge in [-0.05, 0) is 17.0 Å². The van der Waals surface area contributed by atoms with Crippen molar-refractivity contribution >= 4 is 38.7 Å². The molecule has 0 aliphatic rings. The van der Waals surface area contributed by atoms with Crippen LogP contribution in [0.5, 0.6) is 0 Å². The number of rotatable bonds is 7. The van der Waals surface area contributed by atoms with Crippen LogP contribution < -0.4 is 5.32 Å². The summed E-state index contributed by atoms with van der Waals surface area (Å²) in [7, 11) is 1.64. The first-order valence-electron chi connectivity index (χ1n) is 9.33. The average Bonchev–Trinajstić information content (AvgIpc) is 3.53. The molecule has 0 fully saturated rings. The molecular weight excluding hydrogens is 416 g/mol. The predicted molar refractivity (Wildman–Crippen MR) is 121 cm³/mol. The van der Waals surface area contributed by atoms with Gasteiger partial charge in [0.2, 0.25) is 0 Å². The van der Waals surface area contributed by atoms with E-state index in [0.29, 0.717) is 24.8 Å². The number of thiophene rings is 2. The Labute approximate surface area is 180 Å². The Balaban J connectivity index is 1.49. The van der Waals surface area contributed by atoms with E-state index in [4.69, 9.17) is 9.72 Å². The lowest BCUT2D eigenvalue weighted by molar-refractivity contribution is 0.178. The lowest BCUT2D eigenvalue weighted by atomic mass is 10.1. The fourth-order valence-electron chi connectivity index (χ4n) is 3.20. The molecule has 7 nitrogen and oxygen atoms in total. The van der Waals surface area contributed by atoms with Crippen LogP contribution in [0, 0.1) is 0 Å². The van der Waals surface area contributed by atoms with Crippen molar-refractivity contribution in [3.63, 3.8) is 0 Å². The molecule has 0 amide bonds. The largest absolute Gasteiger partial charge is 0.377 e. The highest BCUT2D eigenvalue weighted by Crippen LogP contribution is 2.37. The van der Waals surface area contributed by atoms with Crippen molar-refractivity contribution in [3.05, 3.63) is 64.9 Å². The van der Waals surface area contributed by atoms with Gasteiger partial charge in [0.25, 0.3) is 0 Å². The second-order valence-corrected chi connectivity index (χ2v) is 8.36. The Bertz CT molecular complexity index is 1260. The number of anilines is 1. The second kappa shape index (κ2) is 8.31. The first-order valence-corrected chi connectivity index (χ1v) is 11.1. The number of aromatic amines is 1. The maximum atomic E-state index is 5.26. The van der Waals surface area contributed by atoms with E-state index >= 15 is 0 Å². The minimum atomic E-state index is 0.355. The molecule has 4 aromatic heterocycles. The number of nitrogens with zero attached hydrogens (tertiary/aromatic N) is 4. The van der Waals surface area contributed by atoms with Crippen LogP contribution in [0.4, 0.5) is 5.82 Å². The molecule has 0 radical (unpaired) electrons. The number of nitrogens with one attached hydrogen (secondary N) is 2. The Morgan fingerprint density at radius 3 is 2.73 bits per heavy atom. The first kappa shape index (κ1) is 18.9. The van der Waals surface area contributed by atoms with E-state index < -0.39 is 0 Å². The van der Waals surface area contributed by atoms with Crippen molar-refractivity contribution in [3.8, 4) is 21.8 Å². The molecular formula is C21H18N6OS2. The lowest BCUT2D eigenvalue weighted by Gasteiger charge is -2.09. The number of benzene rings is 1. The average molecular weight is 435 g/mol. The number of hydrogen-bond donors (Lipinski definition) is 2. The number of aromatic nitrogens is 5. The molecule has 1 aromatic carbocycles. The van der Waals surface area contributed by atoms with Crippen LogP contribution in [0.15, 0.2) is 53.2 Å². The predicted octanol–water partition coefficient (Wildman–Crippen LogP) is 4.96. The summed E-state index contributed by atoms with van der Waals surface area (Å²) >= 11 is 3.22. The van der Waals surface area contributed by atoms with Crippen LogP contribution in [0.25, 0.3) is 32.0 Å². The van der Waals surface area contributed by atoms with E-state index in [9.17, 15) is 0 Å². The third kappa shape index (κ3) is 3.70. The van der Waals surface area contributed by atoms with Gasteiger partial charge in [-0.3, -0.25) is 5.10 Å². The third-order valence-corrected chi connectivity index (χ3v) is 6.27. The minimum Gasteiger partial charge on any atom is -0.377 e. The van der Waals surface area contributed by atoms with E-state index in [1.807, 2.05) is 35.7 Å². The molecule has 5 aromatic rings. The Morgan fingerprint density at radius 1 is 1.03 bits per heavy atom. The molecule has 150 valence electrons. The molecule has 9 heteroatoms. The standard InChI is InChI=1S/C21H18N6OS2/c1-28-11-17-24-20(22-10-16-23-19(27-26-16)15-8-5-9-29-15)18-14(12-30-21(18)25-17)13-6-3-2-4-7-13/h2-9,12H,10-11H2,1H3,(H,22,24,25)(H,23,26,27). The van der Waals surface area contributed by atoms with Gasteiger partial charge < -0.3 is 10.1 Å². The molecule has 0 saturated heterocycles. The molecule has 0 atom stereocenters. The van der Waals surface area contributed by atoms with E-state index in [2.05, 4.69) is 43.0 Å². The van der Waals surface area contributed by atoms with Gasteiger partial charge in [0, 0.05) is 18.1 Å². The van der Waals surface area contributed by atoms with Gasteiger partial charge in [-0.25, -0.2) is 15.0 Å². The van der Waals surface area contributed by atoms with Gasteiger partial charge in [0.05, 0.1) is 16.8 Å². The van der Waals surface area contributed by atoms with Crippen LogP contribution in [0.3, 0.4) is 0 Å². The molecule has 0 aliphatic carbocycles.